The lowest BCUT2D eigenvalue weighted by molar-refractivity contribution is 0.293. The van der Waals surface area contributed by atoms with Gasteiger partial charge in [0.25, 0.3) is 0 Å². The number of hydrogen-bond acceptors (Lipinski definition) is 2. The Morgan fingerprint density at radius 3 is 2.77 bits per heavy atom. The highest BCUT2D eigenvalue weighted by molar-refractivity contribution is 5.13. The summed E-state index contributed by atoms with van der Waals surface area (Å²) in [5, 5.41) is 3.31. The standard InChI is InChI=1S/C10H15N3/c1-2-9(3-1)13-7-12-6-10(13)8-4-11-5-8/h6-9,11H,1-5H2. The van der Waals surface area contributed by atoms with Gasteiger partial charge in [-0.25, -0.2) is 4.98 Å². The van der Waals surface area contributed by atoms with E-state index in [2.05, 4.69) is 14.9 Å². The van der Waals surface area contributed by atoms with Crippen LogP contribution in [0.3, 0.4) is 0 Å². The van der Waals surface area contributed by atoms with Gasteiger partial charge in [0, 0.05) is 36.9 Å². The van der Waals surface area contributed by atoms with E-state index in [1.165, 1.54) is 25.0 Å². The Labute approximate surface area is 78.2 Å². The van der Waals surface area contributed by atoms with Gasteiger partial charge in [0.1, 0.15) is 0 Å². The lowest BCUT2D eigenvalue weighted by Gasteiger charge is -2.33. The molecule has 0 radical (unpaired) electrons. The monoisotopic (exact) mass is 177 g/mol. The van der Waals surface area contributed by atoms with E-state index in [0.717, 1.165) is 25.0 Å². The summed E-state index contributed by atoms with van der Waals surface area (Å²) in [7, 11) is 0. The molecule has 0 atom stereocenters. The first kappa shape index (κ1) is 7.56. The molecule has 3 heteroatoms. The third kappa shape index (κ3) is 1.10. The van der Waals surface area contributed by atoms with Crippen LogP contribution >= 0.6 is 0 Å². The molecule has 2 aliphatic rings. The molecule has 1 aliphatic carbocycles. The van der Waals surface area contributed by atoms with Crippen molar-refractivity contribution in [2.45, 2.75) is 31.2 Å². The molecular formula is C10H15N3. The Bertz CT molecular complexity index is 268. The van der Waals surface area contributed by atoms with Crippen molar-refractivity contribution in [2.24, 2.45) is 0 Å². The highest BCUT2D eigenvalue weighted by Gasteiger charge is 2.27. The molecule has 13 heavy (non-hydrogen) atoms. The Kier molecular flexibility index (Phi) is 1.65. The molecule has 2 fully saturated rings. The molecule has 0 aromatic carbocycles. The largest absolute Gasteiger partial charge is 0.331 e. The van der Waals surface area contributed by atoms with Crippen LogP contribution in [0, 0.1) is 0 Å². The van der Waals surface area contributed by atoms with E-state index in [1.54, 1.807) is 0 Å². The number of imidazole rings is 1. The summed E-state index contributed by atoms with van der Waals surface area (Å²) < 4.78 is 2.40. The van der Waals surface area contributed by atoms with Crippen LogP contribution in [-0.4, -0.2) is 22.6 Å². The SMILES string of the molecule is c1ncn(C2CCC2)c1C1CNC1. The topological polar surface area (TPSA) is 29.9 Å². The molecule has 2 heterocycles. The van der Waals surface area contributed by atoms with Gasteiger partial charge in [-0.3, -0.25) is 0 Å². The van der Waals surface area contributed by atoms with Gasteiger partial charge in [-0.2, -0.15) is 0 Å². The Morgan fingerprint density at radius 2 is 2.23 bits per heavy atom. The molecule has 0 unspecified atom stereocenters. The van der Waals surface area contributed by atoms with Crippen molar-refractivity contribution < 1.29 is 0 Å². The summed E-state index contributed by atoms with van der Waals surface area (Å²) in [5.74, 6) is 0.725. The smallest absolute Gasteiger partial charge is 0.0950 e. The van der Waals surface area contributed by atoms with Gasteiger partial charge < -0.3 is 9.88 Å². The molecule has 3 nitrogen and oxygen atoms in total. The maximum Gasteiger partial charge on any atom is 0.0950 e. The Morgan fingerprint density at radius 1 is 1.38 bits per heavy atom. The van der Waals surface area contributed by atoms with E-state index < -0.39 is 0 Å². The fourth-order valence-electron chi connectivity index (χ4n) is 2.10. The van der Waals surface area contributed by atoms with Crippen LogP contribution in [0.1, 0.15) is 36.9 Å². The van der Waals surface area contributed by atoms with Crippen LogP contribution in [0.4, 0.5) is 0 Å². The van der Waals surface area contributed by atoms with Crippen molar-refractivity contribution in [1.82, 2.24) is 14.9 Å². The van der Waals surface area contributed by atoms with E-state index in [-0.39, 0.29) is 0 Å². The Balaban J connectivity index is 1.86. The Hall–Kier alpha value is -0.830. The van der Waals surface area contributed by atoms with Crippen molar-refractivity contribution in [3.05, 3.63) is 18.2 Å². The average Bonchev–Trinajstić information content (AvgIpc) is 2.30. The van der Waals surface area contributed by atoms with Gasteiger partial charge in [-0.05, 0) is 19.3 Å². The third-order valence-corrected chi connectivity index (χ3v) is 3.36. The minimum Gasteiger partial charge on any atom is -0.331 e. The molecule has 0 amide bonds. The summed E-state index contributed by atoms with van der Waals surface area (Å²) in [6, 6.07) is 0.762. The van der Waals surface area contributed by atoms with Gasteiger partial charge in [-0.15, -0.1) is 0 Å². The second-order valence-corrected chi connectivity index (χ2v) is 4.17. The first-order valence-corrected chi connectivity index (χ1v) is 5.17. The van der Waals surface area contributed by atoms with Gasteiger partial charge in [0.2, 0.25) is 0 Å². The summed E-state index contributed by atoms with van der Waals surface area (Å²) in [5.41, 5.74) is 1.45. The fourth-order valence-corrected chi connectivity index (χ4v) is 2.10. The first-order valence-electron chi connectivity index (χ1n) is 5.17. The van der Waals surface area contributed by atoms with Crippen LogP contribution in [0.15, 0.2) is 12.5 Å². The molecule has 1 aromatic rings. The minimum absolute atomic E-state index is 0.725. The van der Waals surface area contributed by atoms with E-state index in [1.807, 2.05) is 12.5 Å². The molecule has 0 spiro atoms. The quantitative estimate of drug-likeness (QED) is 0.737. The highest BCUT2D eigenvalue weighted by Crippen LogP contribution is 2.34. The van der Waals surface area contributed by atoms with Crippen molar-refractivity contribution in [2.75, 3.05) is 13.1 Å². The summed E-state index contributed by atoms with van der Waals surface area (Å²) in [4.78, 5) is 4.26. The summed E-state index contributed by atoms with van der Waals surface area (Å²) in [6.07, 6.45) is 8.15. The number of aromatic nitrogens is 2. The minimum atomic E-state index is 0.725. The van der Waals surface area contributed by atoms with Gasteiger partial charge in [0.05, 0.1) is 6.33 Å². The molecule has 1 saturated heterocycles. The molecule has 3 rings (SSSR count). The van der Waals surface area contributed by atoms with Crippen LogP contribution in [0.5, 0.6) is 0 Å². The van der Waals surface area contributed by atoms with Crippen molar-refractivity contribution in [3.8, 4) is 0 Å². The van der Waals surface area contributed by atoms with Crippen LogP contribution < -0.4 is 5.32 Å². The van der Waals surface area contributed by atoms with Gasteiger partial charge in [-0.1, -0.05) is 0 Å². The molecular weight excluding hydrogens is 162 g/mol. The number of hydrogen-bond donors (Lipinski definition) is 1. The van der Waals surface area contributed by atoms with Crippen molar-refractivity contribution in [3.63, 3.8) is 0 Å². The number of nitrogens with zero attached hydrogens (tertiary/aromatic N) is 2. The lowest BCUT2D eigenvalue weighted by atomic mass is 9.91. The zero-order valence-electron chi connectivity index (χ0n) is 7.74. The third-order valence-electron chi connectivity index (χ3n) is 3.36. The second kappa shape index (κ2) is 2.84. The second-order valence-electron chi connectivity index (χ2n) is 4.17. The average molecular weight is 177 g/mol. The molecule has 1 saturated carbocycles. The van der Waals surface area contributed by atoms with E-state index in [0.29, 0.717) is 0 Å². The zero-order chi connectivity index (χ0) is 8.67. The maximum absolute atomic E-state index is 4.26. The molecule has 1 N–H and O–H groups in total. The highest BCUT2D eigenvalue weighted by atomic mass is 15.1. The van der Waals surface area contributed by atoms with Gasteiger partial charge in [0.15, 0.2) is 0 Å². The zero-order valence-corrected chi connectivity index (χ0v) is 7.74. The van der Waals surface area contributed by atoms with Crippen molar-refractivity contribution in [1.29, 1.82) is 0 Å². The van der Waals surface area contributed by atoms with E-state index >= 15 is 0 Å². The number of rotatable bonds is 2. The van der Waals surface area contributed by atoms with E-state index in [9.17, 15) is 0 Å². The van der Waals surface area contributed by atoms with Gasteiger partial charge >= 0.3 is 0 Å². The molecule has 1 aliphatic heterocycles. The first-order chi connectivity index (χ1) is 6.45. The lowest BCUT2D eigenvalue weighted by Crippen LogP contribution is -2.41. The molecule has 0 bridgehead atoms. The fraction of sp³-hybridized carbons (Fsp3) is 0.700. The van der Waals surface area contributed by atoms with Crippen LogP contribution in [0.25, 0.3) is 0 Å². The predicted octanol–water partition coefficient (Wildman–Crippen LogP) is 1.29. The molecule has 70 valence electrons. The normalized spacial score (nSPS) is 24.0. The van der Waals surface area contributed by atoms with Crippen LogP contribution in [-0.2, 0) is 0 Å². The predicted molar refractivity (Wildman–Crippen MR) is 50.7 cm³/mol. The maximum atomic E-state index is 4.26. The molecule has 1 aromatic heterocycles. The summed E-state index contributed by atoms with van der Waals surface area (Å²) in [6.45, 7) is 2.27. The van der Waals surface area contributed by atoms with E-state index in [4.69, 9.17) is 0 Å². The number of nitrogens with one attached hydrogen (secondary N) is 1. The summed E-state index contributed by atoms with van der Waals surface area (Å²) >= 11 is 0. The van der Waals surface area contributed by atoms with Crippen LogP contribution in [0.2, 0.25) is 0 Å². The van der Waals surface area contributed by atoms with Crippen molar-refractivity contribution >= 4 is 0 Å².